The van der Waals surface area contributed by atoms with Crippen LogP contribution in [0.25, 0.3) is 17.1 Å². The van der Waals surface area contributed by atoms with E-state index in [9.17, 15) is 18.0 Å². The van der Waals surface area contributed by atoms with Crippen LogP contribution in [0.3, 0.4) is 0 Å². The Kier molecular flexibility index (Phi) is 9.00. The fourth-order valence-corrected chi connectivity index (χ4v) is 6.02. The highest BCUT2D eigenvalue weighted by molar-refractivity contribution is 8.14. The number of hydrogen-bond donors (Lipinski definition) is 1. The van der Waals surface area contributed by atoms with Gasteiger partial charge in [-0.15, -0.1) is 18.3 Å². The lowest BCUT2D eigenvalue weighted by molar-refractivity contribution is -0.274. The van der Waals surface area contributed by atoms with E-state index in [1.165, 1.54) is 35.3 Å². The SMILES string of the molecule is Cc1cccc(C)c1N1CCS/C1=N\C(=O)NCC(C)(C)Cc1ccc(-c2ncn(-c3ccc(OC(F)(F)F)cc3)n2)cc1. The largest absolute Gasteiger partial charge is 0.573 e. The van der Waals surface area contributed by atoms with Crippen LogP contribution in [0.2, 0.25) is 0 Å². The lowest BCUT2D eigenvalue weighted by Gasteiger charge is -2.25. The Morgan fingerprint density at radius 2 is 1.70 bits per heavy atom. The Bertz CT molecular complexity index is 1630. The van der Waals surface area contributed by atoms with Gasteiger partial charge in [0.05, 0.1) is 5.69 Å². The minimum atomic E-state index is -4.75. The second-order valence-electron chi connectivity index (χ2n) is 11.4. The first kappa shape index (κ1) is 31.1. The number of nitrogens with zero attached hydrogens (tertiary/aromatic N) is 5. The van der Waals surface area contributed by atoms with E-state index in [0.717, 1.165) is 51.8 Å². The molecule has 12 heteroatoms. The summed E-state index contributed by atoms with van der Waals surface area (Å²) < 4.78 is 42.7. The zero-order valence-corrected chi connectivity index (χ0v) is 25.7. The summed E-state index contributed by atoms with van der Waals surface area (Å²) in [4.78, 5) is 23.7. The van der Waals surface area contributed by atoms with Gasteiger partial charge in [-0.25, -0.2) is 14.5 Å². The van der Waals surface area contributed by atoms with Crippen molar-refractivity contribution in [3.8, 4) is 22.8 Å². The quantitative estimate of drug-likeness (QED) is 0.221. The van der Waals surface area contributed by atoms with Crippen molar-refractivity contribution in [3.63, 3.8) is 0 Å². The van der Waals surface area contributed by atoms with Gasteiger partial charge in [0, 0.05) is 30.1 Å². The highest BCUT2D eigenvalue weighted by Crippen LogP contribution is 2.31. The van der Waals surface area contributed by atoms with Crippen LogP contribution in [0.4, 0.5) is 23.7 Å². The first-order valence-electron chi connectivity index (χ1n) is 14.1. The van der Waals surface area contributed by atoms with E-state index in [1.807, 2.05) is 30.3 Å². The predicted molar refractivity (Wildman–Crippen MR) is 168 cm³/mol. The number of amides is 2. The van der Waals surface area contributed by atoms with Crippen molar-refractivity contribution in [1.82, 2.24) is 20.1 Å². The Morgan fingerprint density at radius 1 is 1.02 bits per heavy atom. The van der Waals surface area contributed by atoms with Gasteiger partial charge in [0.1, 0.15) is 12.1 Å². The highest BCUT2D eigenvalue weighted by atomic mass is 32.2. The zero-order chi connectivity index (χ0) is 31.5. The van der Waals surface area contributed by atoms with Crippen molar-refractivity contribution < 1.29 is 22.7 Å². The number of anilines is 1. The number of carbonyl (C=O) groups is 1. The normalized spacial score (nSPS) is 14.7. The molecule has 1 saturated heterocycles. The van der Waals surface area contributed by atoms with Crippen LogP contribution >= 0.6 is 11.8 Å². The first-order valence-corrected chi connectivity index (χ1v) is 15.1. The van der Waals surface area contributed by atoms with Gasteiger partial charge in [0.15, 0.2) is 11.0 Å². The summed E-state index contributed by atoms with van der Waals surface area (Å²) in [7, 11) is 0. The van der Waals surface area contributed by atoms with E-state index < -0.39 is 6.36 Å². The van der Waals surface area contributed by atoms with Gasteiger partial charge in [-0.1, -0.05) is 68.1 Å². The topological polar surface area (TPSA) is 84.6 Å². The van der Waals surface area contributed by atoms with Crippen molar-refractivity contribution in [2.75, 3.05) is 23.7 Å². The fourth-order valence-electron chi connectivity index (χ4n) is 5.08. The molecule has 44 heavy (non-hydrogen) atoms. The fraction of sp³-hybridized carbons (Fsp3) is 0.312. The zero-order valence-electron chi connectivity index (χ0n) is 24.9. The number of hydrogen-bond acceptors (Lipinski definition) is 5. The van der Waals surface area contributed by atoms with E-state index in [0.29, 0.717) is 18.1 Å². The minimum absolute atomic E-state index is 0.228. The Labute approximate surface area is 258 Å². The van der Waals surface area contributed by atoms with Gasteiger partial charge < -0.3 is 15.0 Å². The van der Waals surface area contributed by atoms with Gasteiger partial charge in [0.2, 0.25) is 0 Å². The number of urea groups is 1. The number of aryl methyl sites for hydroxylation is 2. The second-order valence-corrected chi connectivity index (χ2v) is 12.4. The maximum Gasteiger partial charge on any atom is 0.573 e. The van der Waals surface area contributed by atoms with Gasteiger partial charge in [-0.2, -0.15) is 4.99 Å². The number of carbonyl (C=O) groups excluding carboxylic acids is 1. The van der Waals surface area contributed by atoms with E-state index in [2.05, 4.69) is 69.9 Å². The molecule has 1 fully saturated rings. The molecule has 4 aromatic rings. The second kappa shape index (κ2) is 12.7. The summed E-state index contributed by atoms with van der Waals surface area (Å²) in [6.45, 7) is 9.60. The maximum atomic E-state index is 12.8. The molecule has 0 atom stereocenters. The van der Waals surface area contributed by atoms with Crippen molar-refractivity contribution in [3.05, 3.63) is 89.7 Å². The van der Waals surface area contributed by atoms with Gasteiger partial charge in [-0.05, 0) is 66.6 Å². The predicted octanol–water partition coefficient (Wildman–Crippen LogP) is 7.34. The molecule has 5 rings (SSSR count). The van der Waals surface area contributed by atoms with Crippen LogP contribution < -0.4 is 15.0 Å². The highest BCUT2D eigenvalue weighted by Gasteiger charge is 2.31. The minimum Gasteiger partial charge on any atom is -0.406 e. The number of aromatic nitrogens is 3. The van der Waals surface area contributed by atoms with E-state index >= 15 is 0 Å². The number of alkyl halides is 3. The molecule has 0 bridgehead atoms. The van der Waals surface area contributed by atoms with E-state index in [4.69, 9.17) is 0 Å². The molecule has 2 heterocycles. The number of amidine groups is 1. The van der Waals surface area contributed by atoms with Gasteiger partial charge in [-0.3, -0.25) is 0 Å². The molecule has 0 spiro atoms. The molecule has 0 unspecified atom stereocenters. The lowest BCUT2D eigenvalue weighted by atomic mass is 9.85. The smallest absolute Gasteiger partial charge is 0.406 e. The molecule has 8 nitrogen and oxygen atoms in total. The maximum absolute atomic E-state index is 12.8. The van der Waals surface area contributed by atoms with Gasteiger partial charge >= 0.3 is 12.4 Å². The lowest BCUT2D eigenvalue weighted by Crippen LogP contribution is -2.35. The number of thioether (sulfide) groups is 1. The number of halogens is 3. The van der Waals surface area contributed by atoms with Crippen molar-refractivity contribution in [2.45, 2.75) is 40.5 Å². The summed E-state index contributed by atoms with van der Waals surface area (Å²) in [6.07, 6.45) is -2.52. The van der Waals surface area contributed by atoms with E-state index in [-0.39, 0.29) is 17.2 Å². The van der Waals surface area contributed by atoms with Crippen molar-refractivity contribution in [2.24, 2.45) is 10.4 Å². The third-order valence-electron chi connectivity index (χ3n) is 7.12. The molecule has 1 aliphatic rings. The van der Waals surface area contributed by atoms with Crippen molar-refractivity contribution in [1.29, 1.82) is 0 Å². The number of ether oxygens (including phenoxy) is 1. The molecular weight excluding hydrogens is 589 g/mol. The Morgan fingerprint density at radius 3 is 2.36 bits per heavy atom. The van der Waals surface area contributed by atoms with Crippen LogP contribution in [0.15, 0.2) is 78.0 Å². The Balaban J connectivity index is 1.17. The van der Waals surface area contributed by atoms with Crippen LogP contribution in [0, 0.1) is 19.3 Å². The number of aliphatic imine (C=N–C) groups is 1. The van der Waals surface area contributed by atoms with Crippen LogP contribution in [-0.4, -0.2) is 51.2 Å². The number of rotatable bonds is 8. The summed E-state index contributed by atoms with van der Waals surface area (Å²) in [5, 5.41) is 8.17. The van der Waals surface area contributed by atoms with Crippen LogP contribution in [0.5, 0.6) is 5.75 Å². The van der Waals surface area contributed by atoms with Gasteiger partial charge in [0.25, 0.3) is 0 Å². The molecular formula is C32H33F3N6O2S. The van der Waals surface area contributed by atoms with Crippen molar-refractivity contribution >= 4 is 28.6 Å². The third kappa shape index (κ3) is 7.79. The summed E-state index contributed by atoms with van der Waals surface area (Å²) in [5.74, 6) is 1.06. The molecule has 1 aliphatic heterocycles. The molecule has 0 radical (unpaired) electrons. The molecule has 3 aromatic carbocycles. The standard InChI is InChI=1S/C32H33F3N6O2S/c1-21-6-5-7-22(2)27(21)40-16-17-44-30(40)38-29(42)36-19-31(3,4)18-23-8-10-24(11-9-23)28-37-20-41(39-28)25-12-14-26(15-13-25)43-32(33,34)35/h5-15,20H,16-19H2,1-4H3,(H,36,42)/b38-30-. The summed E-state index contributed by atoms with van der Waals surface area (Å²) in [5.41, 5.74) is 5.64. The number of nitrogens with one attached hydrogen (secondary N) is 1. The molecule has 1 N–H and O–H groups in total. The number of benzene rings is 3. The first-order chi connectivity index (χ1) is 20.9. The molecule has 1 aromatic heterocycles. The summed E-state index contributed by atoms with van der Waals surface area (Å²) >= 11 is 1.59. The molecule has 0 aliphatic carbocycles. The molecule has 230 valence electrons. The third-order valence-corrected chi connectivity index (χ3v) is 8.08. The average molecular weight is 623 g/mol. The van der Waals surface area contributed by atoms with Crippen LogP contribution in [0.1, 0.15) is 30.5 Å². The van der Waals surface area contributed by atoms with E-state index in [1.54, 1.807) is 11.8 Å². The summed E-state index contributed by atoms with van der Waals surface area (Å²) in [6, 6.07) is 19.1. The van der Waals surface area contributed by atoms with Crippen LogP contribution in [-0.2, 0) is 6.42 Å². The Hall–Kier alpha value is -4.32. The monoisotopic (exact) mass is 622 g/mol. The number of para-hydroxylation sites is 1. The molecule has 0 saturated carbocycles. The molecule has 2 amide bonds. The average Bonchev–Trinajstić information content (AvgIpc) is 3.62.